The first kappa shape index (κ1) is 13.1. The number of carbonyl (C=O) groups is 1. The molecule has 0 unspecified atom stereocenters. The van der Waals surface area contributed by atoms with E-state index in [1.807, 2.05) is 36.6 Å². The predicted octanol–water partition coefficient (Wildman–Crippen LogP) is 4.95. The number of hydrogen-bond donors (Lipinski definition) is 0. The molecular weight excluding hydrogens is 312 g/mol. The molecule has 0 aliphatic heterocycles. The van der Waals surface area contributed by atoms with Gasteiger partial charge in [0.05, 0.1) is 11.1 Å². The monoisotopic (exact) mass is 322 g/mol. The number of ketones is 1. The summed E-state index contributed by atoms with van der Waals surface area (Å²) >= 11 is 4.76. The maximum absolute atomic E-state index is 11.8. The summed E-state index contributed by atoms with van der Waals surface area (Å²) in [5, 5.41) is 1.90. The van der Waals surface area contributed by atoms with E-state index in [0.717, 1.165) is 20.7 Å². The highest BCUT2D eigenvalue weighted by Gasteiger charge is 2.04. The topological polar surface area (TPSA) is 30.2 Å². The van der Waals surface area contributed by atoms with Crippen LogP contribution < -0.4 is 0 Å². The van der Waals surface area contributed by atoms with Crippen LogP contribution in [0.5, 0.6) is 0 Å². The van der Waals surface area contributed by atoms with Gasteiger partial charge in [0.25, 0.3) is 0 Å². The van der Waals surface area contributed by atoms with Crippen LogP contribution in [0.15, 0.2) is 56.5 Å². The lowest BCUT2D eigenvalue weighted by Gasteiger charge is -1.91. The van der Waals surface area contributed by atoms with Gasteiger partial charge in [-0.3, -0.25) is 4.79 Å². The van der Waals surface area contributed by atoms with Gasteiger partial charge < -0.3 is 4.42 Å². The molecule has 2 nitrogen and oxygen atoms in total. The zero-order chi connectivity index (χ0) is 13.0. The first-order valence-electron chi connectivity index (χ1n) is 5.33. The lowest BCUT2D eigenvalue weighted by molar-refractivity contribution is 0.105. The summed E-state index contributed by atoms with van der Waals surface area (Å²) in [6.45, 7) is 1.93. The molecule has 0 aliphatic rings. The standard InChI is InChI=1S/C14H11BrO2S/c1-10(7-12-3-2-6-17-12)4-5-13(16)14-8-11(15)9-18-14/h2-9H,1H3/b5-4+,10-7+. The van der Waals surface area contributed by atoms with Gasteiger partial charge in [0.2, 0.25) is 0 Å². The van der Waals surface area contributed by atoms with Gasteiger partial charge in [0.15, 0.2) is 5.78 Å². The summed E-state index contributed by atoms with van der Waals surface area (Å²) < 4.78 is 6.14. The Morgan fingerprint density at radius 3 is 2.89 bits per heavy atom. The molecule has 0 amide bonds. The van der Waals surface area contributed by atoms with Gasteiger partial charge in [-0.15, -0.1) is 11.3 Å². The average Bonchev–Trinajstić information content (AvgIpc) is 2.97. The summed E-state index contributed by atoms with van der Waals surface area (Å²) in [6.07, 6.45) is 6.87. The molecule has 2 heterocycles. The number of rotatable bonds is 4. The Bertz CT molecular complexity index is 591. The Hall–Kier alpha value is -1.39. The molecule has 2 aromatic rings. The molecule has 18 heavy (non-hydrogen) atoms. The molecule has 0 aromatic carbocycles. The second-order valence-corrected chi connectivity index (χ2v) is 5.56. The Balaban J connectivity index is 2.05. The van der Waals surface area contributed by atoms with Crippen molar-refractivity contribution < 1.29 is 9.21 Å². The van der Waals surface area contributed by atoms with Crippen LogP contribution in [0.25, 0.3) is 6.08 Å². The Labute approximate surface area is 118 Å². The van der Waals surface area contributed by atoms with Crippen molar-refractivity contribution in [3.8, 4) is 0 Å². The van der Waals surface area contributed by atoms with E-state index in [0.29, 0.717) is 0 Å². The van der Waals surface area contributed by atoms with Crippen LogP contribution in [0.3, 0.4) is 0 Å². The molecule has 0 saturated heterocycles. The maximum atomic E-state index is 11.8. The number of carbonyl (C=O) groups excluding carboxylic acids is 1. The lowest BCUT2D eigenvalue weighted by atomic mass is 10.2. The van der Waals surface area contributed by atoms with E-state index in [4.69, 9.17) is 4.42 Å². The first-order valence-corrected chi connectivity index (χ1v) is 7.00. The molecular formula is C14H11BrO2S. The van der Waals surface area contributed by atoms with Crippen molar-refractivity contribution in [1.29, 1.82) is 0 Å². The van der Waals surface area contributed by atoms with E-state index >= 15 is 0 Å². The number of allylic oxidation sites excluding steroid dienone is 3. The van der Waals surface area contributed by atoms with Crippen LogP contribution in [-0.4, -0.2) is 5.78 Å². The van der Waals surface area contributed by atoms with E-state index in [1.165, 1.54) is 11.3 Å². The van der Waals surface area contributed by atoms with Crippen LogP contribution >= 0.6 is 27.3 Å². The van der Waals surface area contributed by atoms with Gasteiger partial charge in [-0.05, 0) is 58.8 Å². The Morgan fingerprint density at radius 2 is 2.28 bits per heavy atom. The van der Waals surface area contributed by atoms with Crippen LogP contribution in [0.4, 0.5) is 0 Å². The van der Waals surface area contributed by atoms with Crippen LogP contribution in [0, 0.1) is 0 Å². The third kappa shape index (κ3) is 3.55. The summed E-state index contributed by atoms with van der Waals surface area (Å²) in [4.78, 5) is 12.5. The van der Waals surface area contributed by atoms with Crippen molar-refractivity contribution in [3.63, 3.8) is 0 Å². The molecule has 92 valence electrons. The number of halogens is 1. The normalized spacial score (nSPS) is 12.2. The molecule has 0 N–H and O–H groups in total. The molecule has 4 heteroatoms. The molecule has 0 saturated carbocycles. The fourth-order valence-corrected chi connectivity index (χ4v) is 2.73. The lowest BCUT2D eigenvalue weighted by Crippen LogP contribution is -1.88. The fraction of sp³-hybridized carbons (Fsp3) is 0.0714. The third-order valence-corrected chi connectivity index (χ3v) is 3.93. The zero-order valence-corrected chi connectivity index (χ0v) is 12.1. The number of hydrogen-bond acceptors (Lipinski definition) is 3. The Morgan fingerprint density at radius 1 is 1.44 bits per heavy atom. The summed E-state index contributed by atoms with van der Waals surface area (Å²) in [5.41, 5.74) is 0.967. The van der Waals surface area contributed by atoms with Gasteiger partial charge in [-0.1, -0.05) is 6.08 Å². The second kappa shape index (κ2) is 5.98. The summed E-state index contributed by atoms with van der Waals surface area (Å²) in [5.74, 6) is 0.793. The molecule has 2 aromatic heterocycles. The Kier molecular flexibility index (Phi) is 4.33. The van der Waals surface area contributed by atoms with Gasteiger partial charge >= 0.3 is 0 Å². The van der Waals surface area contributed by atoms with E-state index in [-0.39, 0.29) is 5.78 Å². The predicted molar refractivity (Wildman–Crippen MR) is 77.8 cm³/mol. The third-order valence-electron chi connectivity index (χ3n) is 2.22. The van der Waals surface area contributed by atoms with E-state index in [2.05, 4.69) is 15.9 Å². The minimum absolute atomic E-state index is 0.0119. The highest BCUT2D eigenvalue weighted by Crippen LogP contribution is 2.20. The summed E-state index contributed by atoms with van der Waals surface area (Å²) in [6, 6.07) is 5.52. The van der Waals surface area contributed by atoms with Crippen LogP contribution in [0.2, 0.25) is 0 Å². The van der Waals surface area contributed by atoms with E-state index in [1.54, 1.807) is 18.4 Å². The van der Waals surface area contributed by atoms with Crippen molar-refractivity contribution in [2.75, 3.05) is 0 Å². The molecule has 0 atom stereocenters. The minimum Gasteiger partial charge on any atom is -0.465 e. The molecule has 0 aliphatic carbocycles. The molecule has 0 fully saturated rings. The van der Waals surface area contributed by atoms with Crippen molar-refractivity contribution >= 4 is 39.1 Å². The maximum Gasteiger partial charge on any atom is 0.195 e. The molecule has 0 spiro atoms. The fourth-order valence-electron chi connectivity index (χ4n) is 1.38. The SMILES string of the molecule is CC(/C=C/C(=O)c1cc(Br)cs1)=C\c1ccco1. The quantitative estimate of drug-likeness (QED) is 0.453. The van der Waals surface area contributed by atoms with Crippen LogP contribution in [-0.2, 0) is 0 Å². The first-order chi connectivity index (χ1) is 8.65. The van der Waals surface area contributed by atoms with Gasteiger partial charge in [0, 0.05) is 9.85 Å². The molecule has 2 rings (SSSR count). The second-order valence-electron chi connectivity index (χ2n) is 3.73. The molecule has 0 radical (unpaired) electrons. The average molecular weight is 323 g/mol. The number of thiophene rings is 1. The largest absolute Gasteiger partial charge is 0.465 e. The minimum atomic E-state index is 0.0119. The van der Waals surface area contributed by atoms with Crippen molar-refractivity contribution in [1.82, 2.24) is 0 Å². The van der Waals surface area contributed by atoms with Crippen LogP contribution in [0.1, 0.15) is 22.4 Å². The van der Waals surface area contributed by atoms with Gasteiger partial charge in [-0.2, -0.15) is 0 Å². The number of furan rings is 1. The van der Waals surface area contributed by atoms with Crippen molar-refractivity contribution in [2.24, 2.45) is 0 Å². The smallest absolute Gasteiger partial charge is 0.195 e. The summed E-state index contributed by atoms with van der Waals surface area (Å²) in [7, 11) is 0. The zero-order valence-electron chi connectivity index (χ0n) is 9.72. The van der Waals surface area contributed by atoms with E-state index < -0.39 is 0 Å². The van der Waals surface area contributed by atoms with E-state index in [9.17, 15) is 4.79 Å². The van der Waals surface area contributed by atoms with Crippen molar-refractivity contribution in [3.05, 3.63) is 62.7 Å². The molecule has 0 bridgehead atoms. The van der Waals surface area contributed by atoms with Gasteiger partial charge in [-0.25, -0.2) is 0 Å². The van der Waals surface area contributed by atoms with Gasteiger partial charge in [0.1, 0.15) is 5.76 Å². The highest BCUT2D eigenvalue weighted by atomic mass is 79.9. The highest BCUT2D eigenvalue weighted by molar-refractivity contribution is 9.10. The van der Waals surface area contributed by atoms with Crippen molar-refractivity contribution in [2.45, 2.75) is 6.92 Å².